The summed E-state index contributed by atoms with van der Waals surface area (Å²) >= 11 is 12.1. The highest BCUT2D eigenvalue weighted by Crippen LogP contribution is 2.30. The molecule has 1 aliphatic rings. The van der Waals surface area contributed by atoms with Crippen molar-refractivity contribution in [1.82, 2.24) is 10.2 Å². The maximum absolute atomic E-state index is 12.6. The van der Waals surface area contributed by atoms with Crippen molar-refractivity contribution in [3.8, 4) is 0 Å². The molecule has 0 radical (unpaired) electrons. The molecule has 0 spiro atoms. The highest BCUT2D eigenvalue weighted by atomic mass is 35.5. The van der Waals surface area contributed by atoms with E-state index in [-0.39, 0.29) is 17.3 Å². The summed E-state index contributed by atoms with van der Waals surface area (Å²) in [6.45, 7) is 2.99. The summed E-state index contributed by atoms with van der Waals surface area (Å²) in [5, 5.41) is 3.40. The Hall–Kier alpha value is -1.80. The molecule has 1 heterocycles. The van der Waals surface area contributed by atoms with Gasteiger partial charge in [-0.05, 0) is 55.3 Å². The number of hydrogen-bond acceptors (Lipinski definition) is 4. The first-order valence-corrected chi connectivity index (χ1v) is 12.8. The van der Waals surface area contributed by atoms with E-state index >= 15 is 0 Å². The zero-order valence-corrected chi connectivity index (χ0v) is 19.8. The quantitative estimate of drug-likeness (QED) is 0.614. The number of nitrogens with one attached hydrogen (secondary N) is 1. The van der Waals surface area contributed by atoms with E-state index in [4.69, 9.17) is 23.2 Å². The van der Waals surface area contributed by atoms with Gasteiger partial charge in [0.05, 0.1) is 17.0 Å². The van der Waals surface area contributed by atoms with E-state index in [0.29, 0.717) is 11.6 Å². The number of carbonyl (C=O) groups excluding carboxylic acids is 1. The number of sulfonamides is 1. The van der Waals surface area contributed by atoms with Gasteiger partial charge >= 0.3 is 0 Å². The van der Waals surface area contributed by atoms with Crippen LogP contribution in [0.15, 0.2) is 42.5 Å². The van der Waals surface area contributed by atoms with E-state index in [1.165, 1.54) is 43.0 Å². The Morgan fingerprint density at radius 2 is 1.74 bits per heavy atom. The standard InChI is InChI=1S/C22H27Cl2N3O3S/c1-31(29,30)27(21-10-9-19(23)13-20(21)24)16-22(28)25-14-17-7-3-4-8-18(17)15-26-11-5-2-6-12-26/h3-4,7-10,13H,2,5-6,11-12,14-16H2,1H3,(H,25,28). The number of likely N-dealkylation sites (tertiary alicyclic amines) is 1. The number of rotatable bonds is 8. The van der Waals surface area contributed by atoms with Gasteiger partial charge in [0.25, 0.3) is 0 Å². The van der Waals surface area contributed by atoms with Gasteiger partial charge in [-0.25, -0.2) is 8.42 Å². The van der Waals surface area contributed by atoms with Gasteiger partial charge < -0.3 is 5.32 Å². The molecule has 2 aromatic carbocycles. The molecular formula is C22H27Cl2N3O3S. The minimum Gasteiger partial charge on any atom is -0.350 e. The van der Waals surface area contributed by atoms with Gasteiger partial charge in [0.2, 0.25) is 15.9 Å². The van der Waals surface area contributed by atoms with Crippen LogP contribution >= 0.6 is 23.2 Å². The molecule has 2 aromatic rings. The molecule has 31 heavy (non-hydrogen) atoms. The maximum Gasteiger partial charge on any atom is 0.241 e. The number of benzene rings is 2. The molecule has 168 valence electrons. The van der Waals surface area contributed by atoms with Crippen LogP contribution in [0.5, 0.6) is 0 Å². The molecule has 0 unspecified atom stereocenters. The summed E-state index contributed by atoms with van der Waals surface area (Å²) < 4.78 is 25.6. The number of halogens is 2. The van der Waals surface area contributed by atoms with Gasteiger partial charge in [0, 0.05) is 18.1 Å². The fourth-order valence-electron chi connectivity index (χ4n) is 3.69. The Labute approximate surface area is 194 Å². The third-order valence-corrected chi connectivity index (χ3v) is 6.97. The number of carbonyl (C=O) groups is 1. The molecule has 0 atom stereocenters. The zero-order valence-electron chi connectivity index (χ0n) is 17.5. The van der Waals surface area contributed by atoms with Crippen LogP contribution in [0.2, 0.25) is 10.0 Å². The fraction of sp³-hybridized carbons (Fsp3) is 0.409. The first-order valence-electron chi connectivity index (χ1n) is 10.2. The highest BCUT2D eigenvalue weighted by molar-refractivity contribution is 7.92. The lowest BCUT2D eigenvalue weighted by Crippen LogP contribution is -2.40. The lowest BCUT2D eigenvalue weighted by Gasteiger charge is -2.27. The fourth-order valence-corrected chi connectivity index (χ4v) is 5.12. The third-order valence-electron chi connectivity index (χ3n) is 5.30. The van der Waals surface area contributed by atoms with Gasteiger partial charge in [-0.15, -0.1) is 0 Å². The molecule has 0 bridgehead atoms. The molecule has 1 N–H and O–H groups in total. The summed E-state index contributed by atoms with van der Waals surface area (Å²) in [5.74, 6) is -0.413. The lowest BCUT2D eigenvalue weighted by atomic mass is 10.0. The average Bonchev–Trinajstić information content (AvgIpc) is 2.72. The van der Waals surface area contributed by atoms with Gasteiger partial charge in [-0.1, -0.05) is 53.9 Å². The topological polar surface area (TPSA) is 69.7 Å². The van der Waals surface area contributed by atoms with Crippen molar-refractivity contribution in [3.05, 3.63) is 63.6 Å². The summed E-state index contributed by atoms with van der Waals surface area (Å²) in [5.41, 5.74) is 2.41. The maximum atomic E-state index is 12.6. The first-order chi connectivity index (χ1) is 14.7. The predicted octanol–water partition coefficient (Wildman–Crippen LogP) is 4.06. The van der Waals surface area contributed by atoms with E-state index in [9.17, 15) is 13.2 Å². The van der Waals surface area contributed by atoms with Gasteiger partial charge in [-0.2, -0.15) is 0 Å². The zero-order chi connectivity index (χ0) is 22.4. The molecule has 1 amide bonds. The van der Waals surface area contributed by atoms with Crippen LogP contribution < -0.4 is 9.62 Å². The van der Waals surface area contributed by atoms with Gasteiger partial charge in [0.1, 0.15) is 6.54 Å². The molecule has 0 aliphatic carbocycles. The molecule has 1 saturated heterocycles. The minimum atomic E-state index is -3.72. The average molecular weight is 484 g/mol. The summed E-state index contributed by atoms with van der Waals surface area (Å²) in [7, 11) is -3.72. The van der Waals surface area contributed by atoms with Crippen molar-refractivity contribution in [2.75, 3.05) is 30.2 Å². The Balaban J connectivity index is 1.67. The predicted molar refractivity (Wildman–Crippen MR) is 126 cm³/mol. The largest absolute Gasteiger partial charge is 0.350 e. The third kappa shape index (κ3) is 6.84. The van der Waals surface area contributed by atoms with Crippen molar-refractivity contribution in [2.45, 2.75) is 32.4 Å². The van der Waals surface area contributed by atoms with Crippen molar-refractivity contribution in [2.24, 2.45) is 0 Å². The second-order valence-electron chi connectivity index (χ2n) is 7.75. The minimum absolute atomic E-state index is 0.164. The Kier molecular flexibility index (Phi) is 8.22. The molecule has 1 aliphatic heterocycles. The Bertz CT molecular complexity index is 1020. The van der Waals surface area contributed by atoms with Crippen LogP contribution in [0.3, 0.4) is 0 Å². The van der Waals surface area contributed by atoms with Crippen molar-refractivity contribution >= 4 is 44.8 Å². The molecule has 0 aromatic heterocycles. The lowest BCUT2D eigenvalue weighted by molar-refractivity contribution is -0.119. The smallest absolute Gasteiger partial charge is 0.241 e. The first kappa shape index (κ1) is 23.9. The van der Waals surface area contributed by atoms with Crippen LogP contribution in [-0.4, -0.2) is 45.1 Å². The number of nitrogens with zero attached hydrogens (tertiary/aromatic N) is 2. The van der Waals surface area contributed by atoms with Crippen LogP contribution in [0, 0.1) is 0 Å². The number of anilines is 1. The van der Waals surface area contributed by atoms with Crippen LogP contribution in [-0.2, 0) is 27.9 Å². The van der Waals surface area contributed by atoms with E-state index in [1.54, 1.807) is 0 Å². The number of hydrogen-bond donors (Lipinski definition) is 1. The highest BCUT2D eigenvalue weighted by Gasteiger charge is 2.23. The molecule has 0 saturated carbocycles. The van der Waals surface area contributed by atoms with Crippen molar-refractivity contribution in [3.63, 3.8) is 0 Å². The molecule has 1 fully saturated rings. The van der Waals surface area contributed by atoms with Crippen molar-refractivity contribution in [1.29, 1.82) is 0 Å². The summed E-state index contributed by atoms with van der Waals surface area (Å²) in [6, 6.07) is 12.5. The van der Waals surface area contributed by atoms with Gasteiger partial charge in [0.15, 0.2) is 0 Å². The van der Waals surface area contributed by atoms with Crippen LogP contribution in [0.4, 0.5) is 5.69 Å². The number of piperidine rings is 1. The van der Waals surface area contributed by atoms with E-state index in [0.717, 1.165) is 35.8 Å². The van der Waals surface area contributed by atoms with Crippen LogP contribution in [0.1, 0.15) is 30.4 Å². The summed E-state index contributed by atoms with van der Waals surface area (Å²) in [6.07, 6.45) is 4.75. The van der Waals surface area contributed by atoms with E-state index < -0.39 is 15.9 Å². The Morgan fingerprint density at radius 3 is 2.39 bits per heavy atom. The Morgan fingerprint density at radius 1 is 1.06 bits per heavy atom. The summed E-state index contributed by atoms with van der Waals surface area (Å²) in [4.78, 5) is 15.1. The van der Waals surface area contributed by atoms with E-state index in [2.05, 4.69) is 16.3 Å². The second kappa shape index (κ2) is 10.7. The molecule has 3 rings (SSSR count). The molecule has 6 nitrogen and oxygen atoms in total. The SMILES string of the molecule is CS(=O)(=O)N(CC(=O)NCc1ccccc1CN1CCCCC1)c1ccc(Cl)cc1Cl. The molecular weight excluding hydrogens is 457 g/mol. The van der Waals surface area contributed by atoms with Gasteiger partial charge in [-0.3, -0.25) is 14.0 Å². The normalized spacial score (nSPS) is 14.9. The van der Waals surface area contributed by atoms with Crippen molar-refractivity contribution < 1.29 is 13.2 Å². The second-order valence-corrected chi connectivity index (χ2v) is 10.5. The molecule has 9 heteroatoms. The monoisotopic (exact) mass is 483 g/mol. The van der Waals surface area contributed by atoms with Crippen LogP contribution in [0.25, 0.3) is 0 Å². The van der Waals surface area contributed by atoms with E-state index in [1.807, 2.05) is 18.2 Å². The number of amides is 1.